The van der Waals surface area contributed by atoms with Crippen LogP contribution in [0.3, 0.4) is 0 Å². The van der Waals surface area contributed by atoms with Crippen molar-refractivity contribution in [1.29, 1.82) is 0 Å². The lowest BCUT2D eigenvalue weighted by Gasteiger charge is -2.09. The normalized spacial score (nSPS) is 12.8. The van der Waals surface area contributed by atoms with E-state index in [-0.39, 0.29) is 6.42 Å². The quantitative estimate of drug-likeness (QED) is 0.710. The van der Waals surface area contributed by atoms with Crippen LogP contribution in [-0.2, 0) is 11.3 Å². The Balaban J connectivity index is 2.75. The van der Waals surface area contributed by atoms with E-state index in [1.165, 1.54) is 6.20 Å². The summed E-state index contributed by atoms with van der Waals surface area (Å²) < 4.78 is 1.72. The highest BCUT2D eigenvalue weighted by Gasteiger charge is 2.15. The molecule has 0 spiro atoms. The Bertz CT molecular complexity index is 295. The average molecular weight is 184 g/mol. The molecule has 2 N–H and O–H groups in total. The number of aliphatic hydroxyl groups excluding tert-OH is 1. The highest BCUT2D eigenvalue weighted by Crippen LogP contribution is 2.15. The average Bonchev–Trinajstić information content (AvgIpc) is 2.49. The number of nitrogens with zero attached hydrogens (tertiary/aromatic N) is 2. The molecular formula is C8H12N2O3. The van der Waals surface area contributed by atoms with Crippen LogP contribution in [0.5, 0.6) is 0 Å². The molecule has 0 amide bonds. The summed E-state index contributed by atoms with van der Waals surface area (Å²) in [4.78, 5) is 14.1. The second-order valence-electron chi connectivity index (χ2n) is 2.72. The molecule has 0 aliphatic heterocycles. The van der Waals surface area contributed by atoms with Crippen LogP contribution in [0.15, 0.2) is 12.5 Å². The van der Waals surface area contributed by atoms with Crippen molar-refractivity contribution in [2.75, 3.05) is 0 Å². The Hall–Kier alpha value is -1.36. The van der Waals surface area contributed by atoms with E-state index in [2.05, 4.69) is 4.98 Å². The highest BCUT2D eigenvalue weighted by atomic mass is 16.4. The molecule has 0 fully saturated rings. The van der Waals surface area contributed by atoms with Crippen molar-refractivity contribution in [3.8, 4) is 0 Å². The third kappa shape index (κ3) is 2.29. The Labute approximate surface area is 75.6 Å². The largest absolute Gasteiger partial charge is 0.481 e. The number of aliphatic carboxylic acids is 1. The van der Waals surface area contributed by atoms with Crippen molar-refractivity contribution in [2.45, 2.75) is 26.0 Å². The van der Waals surface area contributed by atoms with Gasteiger partial charge in [-0.3, -0.25) is 4.79 Å². The Morgan fingerprint density at radius 2 is 2.46 bits per heavy atom. The van der Waals surface area contributed by atoms with Crippen LogP contribution < -0.4 is 0 Å². The smallest absolute Gasteiger partial charge is 0.306 e. The molecule has 0 aromatic carbocycles. The Morgan fingerprint density at radius 3 is 3.00 bits per heavy atom. The first-order valence-corrected chi connectivity index (χ1v) is 4.05. The second kappa shape index (κ2) is 4.04. The molecule has 1 aromatic rings. The fourth-order valence-corrected chi connectivity index (χ4v) is 1.14. The van der Waals surface area contributed by atoms with Gasteiger partial charge in [-0.25, -0.2) is 4.98 Å². The minimum atomic E-state index is -1.02. The van der Waals surface area contributed by atoms with E-state index >= 15 is 0 Å². The van der Waals surface area contributed by atoms with Crippen molar-refractivity contribution in [1.82, 2.24) is 9.55 Å². The number of rotatable bonds is 4. The maximum absolute atomic E-state index is 10.3. The van der Waals surface area contributed by atoms with Crippen LogP contribution in [0.4, 0.5) is 0 Å². The van der Waals surface area contributed by atoms with Crippen molar-refractivity contribution in [2.24, 2.45) is 0 Å². The van der Waals surface area contributed by atoms with Gasteiger partial charge in [-0.05, 0) is 6.92 Å². The molecule has 0 aliphatic rings. The van der Waals surface area contributed by atoms with Crippen LogP contribution >= 0.6 is 0 Å². The molecule has 0 radical (unpaired) electrons. The molecule has 72 valence electrons. The van der Waals surface area contributed by atoms with E-state index in [4.69, 9.17) is 5.11 Å². The number of aryl methyl sites for hydroxylation is 1. The van der Waals surface area contributed by atoms with Gasteiger partial charge in [-0.15, -0.1) is 0 Å². The van der Waals surface area contributed by atoms with Gasteiger partial charge in [0.15, 0.2) is 0 Å². The lowest BCUT2D eigenvalue weighted by atomic mass is 10.2. The van der Waals surface area contributed by atoms with Crippen LogP contribution in [0, 0.1) is 0 Å². The lowest BCUT2D eigenvalue weighted by molar-refractivity contribution is -0.139. The molecular weight excluding hydrogens is 172 g/mol. The van der Waals surface area contributed by atoms with Crippen molar-refractivity contribution >= 4 is 5.97 Å². The molecule has 5 nitrogen and oxygen atoms in total. The number of carboxylic acid groups (broad SMARTS) is 1. The standard InChI is InChI=1S/C8H12N2O3/c1-2-10-5-9-4-6(10)7(11)3-8(12)13/h4-5,7,11H,2-3H2,1H3,(H,12,13)/t7-/m0/s1. The van der Waals surface area contributed by atoms with E-state index in [9.17, 15) is 9.90 Å². The zero-order valence-electron chi connectivity index (χ0n) is 7.34. The minimum absolute atomic E-state index is 0.286. The van der Waals surface area contributed by atoms with Gasteiger partial charge in [-0.2, -0.15) is 0 Å². The van der Waals surface area contributed by atoms with Gasteiger partial charge in [-0.1, -0.05) is 0 Å². The number of aliphatic hydroxyl groups is 1. The predicted molar refractivity (Wildman–Crippen MR) is 45.1 cm³/mol. The van der Waals surface area contributed by atoms with Crippen molar-refractivity contribution in [3.63, 3.8) is 0 Å². The van der Waals surface area contributed by atoms with Gasteiger partial charge in [0.25, 0.3) is 0 Å². The first kappa shape index (κ1) is 9.73. The monoisotopic (exact) mass is 184 g/mol. The van der Waals surface area contributed by atoms with E-state index in [0.717, 1.165) is 0 Å². The van der Waals surface area contributed by atoms with Gasteiger partial charge < -0.3 is 14.8 Å². The predicted octanol–water partition coefficient (Wildman–Crippen LogP) is 0.411. The van der Waals surface area contributed by atoms with Gasteiger partial charge in [0, 0.05) is 6.54 Å². The molecule has 0 aliphatic carbocycles. The zero-order valence-corrected chi connectivity index (χ0v) is 7.34. The molecule has 1 aromatic heterocycles. The van der Waals surface area contributed by atoms with E-state index in [0.29, 0.717) is 12.2 Å². The SMILES string of the molecule is CCn1cncc1[C@@H](O)CC(=O)O. The van der Waals surface area contributed by atoms with Gasteiger partial charge in [0.05, 0.1) is 24.6 Å². The number of imidazole rings is 1. The maximum atomic E-state index is 10.3. The summed E-state index contributed by atoms with van der Waals surface area (Å²) in [6.45, 7) is 2.57. The van der Waals surface area contributed by atoms with Crippen LogP contribution in [0.1, 0.15) is 25.1 Å². The van der Waals surface area contributed by atoms with Gasteiger partial charge in [0.2, 0.25) is 0 Å². The summed E-state index contributed by atoms with van der Waals surface area (Å²) in [7, 11) is 0. The maximum Gasteiger partial charge on any atom is 0.306 e. The summed E-state index contributed by atoms with van der Waals surface area (Å²) in [6.07, 6.45) is 1.79. The fourth-order valence-electron chi connectivity index (χ4n) is 1.14. The number of carbonyl (C=O) groups is 1. The molecule has 0 saturated heterocycles. The first-order valence-electron chi connectivity index (χ1n) is 4.05. The Morgan fingerprint density at radius 1 is 1.77 bits per heavy atom. The molecule has 1 heterocycles. The van der Waals surface area contributed by atoms with Crippen LogP contribution in [0.25, 0.3) is 0 Å². The highest BCUT2D eigenvalue weighted by molar-refractivity contribution is 5.67. The molecule has 1 atom stereocenters. The summed E-state index contributed by atoms with van der Waals surface area (Å²) >= 11 is 0. The van der Waals surface area contributed by atoms with E-state index in [1.807, 2.05) is 6.92 Å². The summed E-state index contributed by atoms with van der Waals surface area (Å²) in [5, 5.41) is 17.9. The minimum Gasteiger partial charge on any atom is -0.481 e. The molecule has 0 bridgehead atoms. The third-order valence-corrected chi connectivity index (χ3v) is 1.79. The summed E-state index contributed by atoms with van der Waals surface area (Å²) in [6, 6.07) is 0. The van der Waals surface area contributed by atoms with Crippen LogP contribution in [-0.4, -0.2) is 25.7 Å². The summed E-state index contributed by atoms with van der Waals surface area (Å²) in [5.74, 6) is -1.02. The summed E-state index contributed by atoms with van der Waals surface area (Å²) in [5.41, 5.74) is 0.546. The van der Waals surface area contributed by atoms with Gasteiger partial charge >= 0.3 is 5.97 Å². The van der Waals surface area contributed by atoms with Crippen molar-refractivity contribution < 1.29 is 15.0 Å². The first-order chi connectivity index (χ1) is 6.15. The topological polar surface area (TPSA) is 75.3 Å². The van der Waals surface area contributed by atoms with Gasteiger partial charge in [0.1, 0.15) is 6.10 Å². The fraction of sp³-hybridized carbons (Fsp3) is 0.500. The number of hydrogen-bond donors (Lipinski definition) is 2. The van der Waals surface area contributed by atoms with Crippen LogP contribution in [0.2, 0.25) is 0 Å². The third-order valence-electron chi connectivity index (χ3n) is 1.79. The zero-order chi connectivity index (χ0) is 9.84. The number of carboxylic acids is 1. The molecule has 1 rings (SSSR count). The second-order valence-corrected chi connectivity index (χ2v) is 2.72. The molecule has 0 unspecified atom stereocenters. The van der Waals surface area contributed by atoms with Crippen molar-refractivity contribution in [3.05, 3.63) is 18.2 Å². The molecule has 0 saturated carbocycles. The van der Waals surface area contributed by atoms with E-state index < -0.39 is 12.1 Å². The molecule has 13 heavy (non-hydrogen) atoms. The van der Waals surface area contributed by atoms with E-state index in [1.54, 1.807) is 10.9 Å². The Kier molecular flexibility index (Phi) is 3.02. The molecule has 5 heteroatoms. The number of aromatic nitrogens is 2. The number of hydrogen-bond acceptors (Lipinski definition) is 3. The lowest BCUT2D eigenvalue weighted by Crippen LogP contribution is -2.10.